The Kier molecular flexibility index (Phi) is 3.48. The van der Waals surface area contributed by atoms with Gasteiger partial charge in [0.05, 0.1) is 6.10 Å². The molecule has 0 spiro atoms. The Labute approximate surface area is 78.4 Å². The molecule has 0 bridgehead atoms. The summed E-state index contributed by atoms with van der Waals surface area (Å²) in [5.41, 5.74) is 0.374. The molecule has 3 nitrogen and oxygen atoms in total. The van der Waals surface area contributed by atoms with Crippen molar-refractivity contribution in [3.05, 3.63) is 11.6 Å². The standard InChI is InChI=1S/C10H16O3/c1-7-3-4-13-9(5-7)6-8(2)10(11)12/h6-7,9H,3-5H2,1-2H3,(H,11,12)/b8-6+/t7-,9-/m0/s1. The molecule has 0 saturated carbocycles. The lowest BCUT2D eigenvalue weighted by atomic mass is 9.96. The molecular weight excluding hydrogens is 168 g/mol. The summed E-state index contributed by atoms with van der Waals surface area (Å²) in [6, 6.07) is 0. The van der Waals surface area contributed by atoms with Crippen LogP contribution in [0.3, 0.4) is 0 Å². The summed E-state index contributed by atoms with van der Waals surface area (Å²) in [6.45, 7) is 4.51. The largest absolute Gasteiger partial charge is 0.478 e. The molecule has 1 aliphatic rings. The van der Waals surface area contributed by atoms with Crippen molar-refractivity contribution in [2.24, 2.45) is 5.92 Å². The van der Waals surface area contributed by atoms with Crippen LogP contribution >= 0.6 is 0 Å². The lowest BCUT2D eigenvalue weighted by Gasteiger charge is -2.25. The van der Waals surface area contributed by atoms with Crippen LogP contribution in [0, 0.1) is 5.92 Å². The summed E-state index contributed by atoms with van der Waals surface area (Å²) >= 11 is 0. The molecule has 74 valence electrons. The Morgan fingerprint density at radius 3 is 2.85 bits per heavy atom. The first-order chi connectivity index (χ1) is 6.09. The molecule has 1 fully saturated rings. The number of carboxylic acid groups (broad SMARTS) is 1. The van der Waals surface area contributed by atoms with E-state index in [1.54, 1.807) is 13.0 Å². The van der Waals surface area contributed by atoms with Crippen molar-refractivity contribution >= 4 is 5.97 Å². The monoisotopic (exact) mass is 184 g/mol. The predicted molar refractivity (Wildman–Crippen MR) is 49.5 cm³/mol. The Balaban J connectivity index is 2.52. The molecule has 0 radical (unpaired) electrons. The zero-order valence-corrected chi connectivity index (χ0v) is 8.12. The molecule has 0 aromatic carbocycles. The van der Waals surface area contributed by atoms with Crippen molar-refractivity contribution in [2.75, 3.05) is 6.61 Å². The molecule has 1 heterocycles. The Bertz CT molecular complexity index is 220. The molecule has 2 atom stereocenters. The molecule has 0 unspecified atom stereocenters. The van der Waals surface area contributed by atoms with Gasteiger partial charge in [-0.3, -0.25) is 0 Å². The van der Waals surface area contributed by atoms with Gasteiger partial charge < -0.3 is 9.84 Å². The number of carboxylic acids is 1. The van der Waals surface area contributed by atoms with Gasteiger partial charge in [-0.2, -0.15) is 0 Å². The third-order valence-electron chi connectivity index (χ3n) is 2.35. The summed E-state index contributed by atoms with van der Waals surface area (Å²) in [5.74, 6) is -0.224. The van der Waals surface area contributed by atoms with Gasteiger partial charge in [-0.15, -0.1) is 0 Å². The minimum absolute atomic E-state index is 0.000139. The van der Waals surface area contributed by atoms with E-state index in [1.807, 2.05) is 0 Å². The number of rotatable bonds is 2. The highest BCUT2D eigenvalue weighted by Gasteiger charge is 2.18. The summed E-state index contributed by atoms with van der Waals surface area (Å²) in [4.78, 5) is 10.5. The summed E-state index contributed by atoms with van der Waals surface area (Å²) < 4.78 is 5.43. The second-order valence-electron chi connectivity index (χ2n) is 3.69. The van der Waals surface area contributed by atoms with Crippen LogP contribution in [0.2, 0.25) is 0 Å². The molecule has 1 N–H and O–H groups in total. The van der Waals surface area contributed by atoms with Gasteiger partial charge >= 0.3 is 5.97 Å². The zero-order valence-electron chi connectivity index (χ0n) is 8.12. The maximum Gasteiger partial charge on any atom is 0.331 e. The minimum atomic E-state index is -0.859. The fourth-order valence-corrected chi connectivity index (χ4v) is 1.47. The summed E-state index contributed by atoms with van der Waals surface area (Å²) in [6.07, 6.45) is 3.72. The van der Waals surface area contributed by atoms with Crippen LogP contribution in [0.15, 0.2) is 11.6 Å². The first-order valence-corrected chi connectivity index (χ1v) is 4.63. The number of carbonyl (C=O) groups is 1. The second kappa shape index (κ2) is 4.42. The summed E-state index contributed by atoms with van der Waals surface area (Å²) in [7, 11) is 0. The first kappa shape index (κ1) is 10.3. The Morgan fingerprint density at radius 1 is 1.62 bits per heavy atom. The highest BCUT2D eigenvalue weighted by molar-refractivity contribution is 5.85. The van der Waals surface area contributed by atoms with Crippen molar-refractivity contribution in [3.63, 3.8) is 0 Å². The van der Waals surface area contributed by atoms with Crippen LogP contribution in [0.1, 0.15) is 26.7 Å². The molecule has 0 aromatic heterocycles. The fourth-order valence-electron chi connectivity index (χ4n) is 1.47. The third-order valence-corrected chi connectivity index (χ3v) is 2.35. The normalized spacial score (nSPS) is 30.2. The lowest BCUT2D eigenvalue weighted by Crippen LogP contribution is -2.23. The topological polar surface area (TPSA) is 46.5 Å². The Hall–Kier alpha value is -0.830. The highest BCUT2D eigenvalue weighted by atomic mass is 16.5. The maximum absolute atomic E-state index is 10.5. The van der Waals surface area contributed by atoms with Crippen molar-refractivity contribution in [2.45, 2.75) is 32.8 Å². The first-order valence-electron chi connectivity index (χ1n) is 4.63. The molecule has 1 rings (SSSR count). The van der Waals surface area contributed by atoms with E-state index in [0.717, 1.165) is 19.4 Å². The van der Waals surface area contributed by atoms with Gasteiger partial charge in [0.25, 0.3) is 0 Å². The van der Waals surface area contributed by atoms with E-state index in [2.05, 4.69) is 6.92 Å². The lowest BCUT2D eigenvalue weighted by molar-refractivity contribution is -0.132. The van der Waals surface area contributed by atoms with E-state index in [-0.39, 0.29) is 6.10 Å². The molecule has 3 heteroatoms. The van der Waals surface area contributed by atoms with E-state index in [4.69, 9.17) is 9.84 Å². The molecule has 13 heavy (non-hydrogen) atoms. The number of aliphatic carboxylic acids is 1. The predicted octanol–water partition coefficient (Wildman–Crippen LogP) is 1.83. The fraction of sp³-hybridized carbons (Fsp3) is 0.700. The van der Waals surface area contributed by atoms with Crippen LogP contribution in [0.5, 0.6) is 0 Å². The zero-order chi connectivity index (χ0) is 9.84. The van der Waals surface area contributed by atoms with E-state index in [1.165, 1.54) is 0 Å². The smallest absolute Gasteiger partial charge is 0.331 e. The van der Waals surface area contributed by atoms with Crippen LogP contribution < -0.4 is 0 Å². The Morgan fingerprint density at radius 2 is 2.31 bits per heavy atom. The average molecular weight is 184 g/mol. The van der Waals surface area contributed by atoms with Crippen LogP contribution in [-0.4, -0.2) is 23.8 Å². The molecular formula is C10H16O3. The number of hydrogen-bond donors (Lipinski definition) is 1. The molecule has 0 aliphatic carbocycles. The average Bonchev–Trinajstić information content (AvgIpc) is 2.04. The van der Waals surface area contributed by atoms with Crippen LogP contribution in [0.25, 0.3) is 0 Å². The van der Waals surface area contributed by atoms with Crippen LogP contribution in [-0.2, 0) is 9.53 Å². The minimum Gasteiger partial charge on any atom is -0.478 e. The summed E-state index contributed by atoms with van der Waals surface area (Å²) in [5, 5.41) is 8.65. The van der Waals surface area contributed by atoms with Gasteiger partial charge in [0, 0.05) is 12.2 Å². The van der Waals surface area contributed by atoms with E-state index < -0.39 is 5.97 Å². The SMILES string of the molecule is C/C(=C\[C@@H]1C[C@@H](C)CCO1)C(=O)O. The van der Waals surface area contributed by atoms with Crippen molar-refractivity contribution in [1.29, 1.82) is 0 Å². The quantitative estimate of drug-likeness (QED) is 0.666. The van der Waals surface area contributed by atoms with Gasteiger partial charge in [0.1, 0.15) is 0 Å². The van der Waals surface area contributed by atoms with Crippen molar-refractivity contribution in [3.8, 4) is 0 Å². The van der Waals surface area contributed by atoms with Gasteiger partial charge in [-0.05, 0) is 31.8 Å². The number of ether oxygens (including phenoxy) is 1. The molecule has 1 saturated heterocycles. The molecule has 0 amide bonds. The molecule has 1 aliphatic heterocycles. The van der Waals surface area contributed by atoms with Crippen molar-refractivity contribution < 1.29 is 14.6 Å². The van der Waals surface area contributed by atoms with E-state index >= 15 is 0 Å². The third kappa shape index (κ3) is 3.19. The van der Waals surface area contributed by atoms with Gasteiger partial charge in [-0.25, -0.2) is 4.79 Å². The van der Waals surface area contributed by atoms with E-state index in [0.29, 0.717) is 11.5 Å². The highest BCUT2D eigenvalue weighted by Crippen LogP contribution is 2.20. The van der Waals surface area contributed by atoms with Crippen molar-refractivity contribution in [1.82, 2.24) is 0 Å². The van der Waals surface area contributed by atoms with Gasteiger partial charge in [0.15, 0.2) is 0 Å². The maximum atomic E-state index is 10.5. The molecule has 0 aromatic rings. The van der Waals surface area contributed by atoms with E-state index in [9.17, 15) is 4.79 Å². The van der Waals surface area contributed by atoms with Crippen LogP contribution in [0.4, 0.5) is 0 Å². The number of hydrogen-bond acceptors (Lipinski definition) is 2. The second-order valence-corrected chi connectivity index (χ2v) is 3.69. The van der Waals surface area contributed by atoms with Gasteiger partial charge in [0.2, 0.25) is 0 Å². The van der Waals surface area contributed by atoms with Gasteiger partial charge in [-0.1, -0.05) is 6.92 Å².